The normalized spacial score (nSPS) is 15.8. The van der Waals surface area contributed by atoms with Gasteiger partial charge >= 0.3 is 0 Å². The van der Waals surface area contributed by atoms with Crippen molar-refractivity contribution in [3.05, 3.63) is 24.3 Å². The lowest BCUT2D eigenvalue weighted by Crippen LogP contribution is -2.21. The molecular formula is C10H16N2O. The van der Waals surface area contributed by atoms with E-state index in [1.807, 2.05) is 6.07 Å². The van der Waals surface area contributed by atoms with Gasteiger partial charge in [0.2, 0.25) is 0 Å². The first-order valence-electron chi connectivity index (χ1n) is 4.57. The molecule has 0 aliphatic carbocycles. The number of aliphatic hydroxyl groups excluding tert-OH is 1. The van der Waals surface area contributed by atoms with Crippen molar-refractivity contribution in [2.24, 2.45) is 5.92 Å². The van der Waals surface area contributed by atoms with Crippen LogP contribution < -0.4 is 0 Å². The number of nitrogens with zero attached hydrogens (tertiary/aromatic N) is 2. The number of aromatic nitrogens is 2. The first-order valence-corrected chi connectivity index (χ1v) is 4.57. The van der Waals surface area contributed by atoms with Crippen molar-refractivity contribution >= 4 is 0 Å². The summed E-state index contributed by atoms with van der Waals surface area (Å²) in [6.07, 6.45) is 2.86. The fourth-order valence-corrected chi connectivity index (χ4v) is 1.64. The lowest BCUT2D eigenvalue weighted by atomic mass is 9.88. The zero-order valence-electron chi connectivity index (χ0n) is 8.31. The molecule has 2 atom stereocenters. The lowest BCUT2D eigenvalue weighted by molar-refractivity contribution is 0.138. The van der Waals surface area contributed by atoms with E-state index >= 15 is 0 Å². The second kappa shape index (κ2) is 4.33. The Morgan fingerprint density at radius 2 is 2.00 bits per heavy atom. The van der Waals surface area contributed by atoms with Gasteiger partial charge in [0.05, 0.1) is 6.10 Å². The van der Waals surface area contributed by atoms with E-state index in [4.69, 9.17) is 0 Å². The van der Waals surface area contributed by atoms with E-state index in [2.05, 4.69) is 23.8 Å². The van der Waals surface area contributed by atoms with Gasteiger partial charge in [-0.15, -0.1) is 0 Å². The largest absolute Gasteiger partial charge is 0.393 e. The van der Waals surface area contributed by atoms with E-state index in [0.29, 0.717) is 5.92 Å². The summed E-state index contributed by atoms with van der Waals surface area (Å²) in [5.41, 5.74) is 0.917. The van der Waals surface area contributed by atoms with Gasteiger partial charge in [-0.2, -0.15) is 0 Å². The average Bonchev–Trinajstić information content (AvgIpc) is 2.04. The summed E-state index contributed by atoms with van der Waals surface area (Å²) in [4.78, 5) is 8.00. The van der Waals surface area contributed by atoms with E-state index in [1.165, 1.54) is 6.33 Å². The van der Waals surface area contributed by atoms with Crippen LogP contribution in [0.1, 0.15) is 32.4 Å². The molecule has 0 aliphatic rings. The first kappa shape index (κ1) is 10.1. The van der Waals surface area contributed by atoms with Crippen molar-refractivity contribution in [3.63, 3.8) is 0 Å². The maximum atomic E-state index is 9.58. The molecule has 0 radical (unpaired) electrons. The second-order valence-corrected chi connectivity index (χ2v) is 3.64. The summed E-state index contributed by atoms with van der Waals surface area (Å²) in [6.45, 7) is 5.96. The molecule has 72 valence electrons. The third-order valence-corrected chi connectivity index (χ3v) is 2.18. The number of hydrogen-bond acceptors (Lipinski definition) is 3. The van der Waals surface area contributed by atoms with Gasteiger partial charge in [-0.05, 0) is 18.9 Å². The quantitative estimate of drug-likeness (QED) is 0.768. The monoisotopic (exact) mass is 180 g/mol. The molecular weight excluding hydrogens is 164 g/mol. The lowest BCUT2D eigenvalue weighted by Gasteiger charge is -2.22. The zero-order valence-corrected chi connectivity index (χ0v) is 8.31. The maximum absolute atomic E-state index is 9.58. The van der Waals surface area contributed by atoms with Crippen molar-refractivity contribution < 1.29 is 5.11 Å². The zero-order chi connectivity index (χ0) is 9.84. The highest BCUT2D eigenvalue weighted by atomic mass is 16.3. The molecule has 0 fully saturated rings. The predicted molar refractivity (Wildman–Crippen MR) is 51.3 cm³/mol. The number of aliphatic hydroxyl groups is 1. The van der Waals surface area contributed by atoms with Crippen LogP contribution in [0.4, 0.5) is 0 Å². The van der Waals surface area contributed by atoms with Crippen LogP contribution in [-0.4, -0.2) is 21.2 Å². The molecule has 3 heteroatoms. The summed E-state index contributed by atoms with van der Waals surface area (Å²) in [6, 6.07) is 1.86. The Balaban J connectivity index is 2.89. The maximum Gasteiger partial charge on any atom is 0.115 e. The van der Waals surface area contributed by atoms with Gasteiger partial charge in [0.1, 0.15) is 6.33 Å². The Labute approximate surface area is 78.9 Å². The van der Waals surface area contributed by atoms with Gasteiger partial charge < -0.3 is 5.11 Å². The van der Waals surface area contributed by atoms with Crippen molar-refractivity contribution in [3.8, 4) is 0 Å². The summed E-state index contributed by atoms with van der Waals surface area (Å²) in [5.74, 6) is 0.484. The molecule has 0 aromatic carbocycles. The smallest absolute Gasteiger partial charge is 0.115 e. The van der Waals surface area contributed by atoms with Crippen LogP contribution in [0.2, 0.25) is 0 Å². The Kier molecular flexibility index (Phi) is 3.37. The third kappa shape index (κ3) is 2.49. The topological polar surface area (TPSA) is 46.0 Å². The van der Waals surface area contributed by atoms with Crippen molar-refractivity contribution in [1.82, 2.24) is 9.97 Å². The van der Waals surface area contributed by atoms with E-state index in [1.54, 1.807) is 13.1 Å². The van der Waals surface area contributed by atoms with Crippen LogP contribution in [0.15, 0.2) is 18.6 Å². The van der Waals surface area contributed by atoms with Gasteiger partial charge in [0.15, 0.2) is 0 Å². The molecule has 0 spiro atoms. The second-order valence-electron chi connectivity index (χ2n) is 3.64. The van der Waals surface area contributed by atoms with Crippen LogP contribution in [0.25, 0.3) is 0 Å². The van der Waals surface area contributed by atoms with Gasteiger partial charge in [0.25, 0.3) is 0 Å². The number of hydrogen-bond donors (Lipinski definition) is 1. The molecule has 13 heavy (non-hydrogen) atoms. The molecule has 3 nitrogen and oxygen atoms in total. The summed E-state index contributed by atoms with van der Waals surface area (Å²) in [5, 5.41) is 9.58. The minimum atomic E-state index is -0.366. The van der Waals surface area contributed by atoms with Crippen LogP contribution in [0.5, 0.6) is 0 Å². The highest BCUT2D eigenvalue weighted by Crippen LogP contribution is 2.25. The van der Waals surface area contributed by atoms with E-state index in [9.17, 15) is 5.11 Å². The van der Waals surface area contributed by atoms with Crippen molar-refractivity contribution in [2.45, 2.75) is 32.8 Å². The molecule has 1 aromatic heterocycles. The molecule has 0 amide bonds. The van der Waals surface area contributed by atoms with Crippen LogP contribution >= 0.6 is 0 Å². The average molecular weight is 180 g/mol. The molecule has 0 aliphatic heterocycles. The van der Waals surface area contributed by atoms with Crippen molar-refractivity contribution in [2.75, 3.05) is 0 Å². The minimum absolute atomic E-state index is 0.1000. The standard InChI is InChI=1S/C10H16N2O/c1-7(2)10(8(3)13)9-4-5-11-6-12-9/h4-8,10,13H,1-3H3. The van der Waals surface area contributed by atoms with Crippen molar-refractivity contribution in [1.29, 1.82) is 0 Å². The van der Waals surface area contributed by atoms with Gasteiger partial charge in [-0.3, -0.25) is 0 Å². The SMILES string of the molecule is CC(C)C(c1ccncn1)C(C)O. The van der Waals surface area contributed by atoms with Gasteiger partial charge in [0, 0.05) is 17.8 Å². The van der Waals surface area contributed by atoms with Gasteiger partial charge in [-0.1, -0.05) is 13.8 Å². The Bertz CT molecular complexity index is 238. The Hall–Kier alpha value is -0.960. The number of rotatable bonds is 3. The van der Waals surface area contributed by atoms with Gasteiger partial charge in [-0.25, -0.2) is 9.97 Å². The fourth-order valence-electron chi connectivity index (χ4n) is 1.64. The molecule has 0 saturated heterocycles. The Morgan fingerprint density at radius 3 is 2.38 bits per heavy atom. The fraction of sp³-hybridized carbons (Fsp3) is 0.600. The molecule has 1 heterocycles. The van der Waals surface area contributed by atoms with E-state index in [-0.39, 0.29) is 12.0 Å². The highest BCUT2D eigenvalue weighted by molar-refractivity contribution is 5.08. The Morgan fingerprint density at radius 1 is 1.31 bits per heavy atom. The predicted octanol–water partition coefficient (Wildman–Crippen LogP) is 1.60. The molecule has 0 saturated carbocycles. The molecule has 1 N–H and O–H groups in total. The third-order valence-electron chi connectivity index (χ3n) is 2.18. The molecule has 1 aromatic rings. The first-order chi connectivity index (χ1) is 6.13. The molecule has 1 rings (SSSR count). The minimum Gasteiger partial charge on any atom is -0.393 e. The van der Waals surface area contributed by atoms with Crippen LogP contribution in [-0.2, 0) is 0 Å². The van der Waals surface area contributed by atoms with E-state index < -0.39 is 0 Å². The highest BCUT2D eigenvalue weighted by Gasteiger charge is 2.21. The summed E-state index contributed by atoms with van der Waals surface area (Å²) in [7, 11) is 0. The van der Waals surface area contributed by atoms with E-state index in [0.717, 1.165) is 5.69 Å². The van der Waals surface area contributed by atoms with Crippen LogP contribution in [0, 0.1) is 5.92 Å². The molecule has 0 bridgehead atoms. The summed E-state index contributed by atoms with van der Waals surface area (Å²) >= 11 is 0. The molecule has 2 unspecified atom stereocenters. The van der Waals surface area contributed by atoms with Crippen LogP contribution in [0.3, 0.4) is 0 Å². The summed E-state index contributed by atoms with van der Waals surface area (Å²) < 4.78 is 0.